The van der Waals surface area contributed by atoms with Crippen molar-refractivity contribution >= 4 is 16.1 Å². The maximum absolute atomic E-state index is 12.8. The van der Waals surface area contributed by atoms with Gasteiger partial charge in [0.05, 0.1) is 6.54 Å². The van der Waals surface area contributed by atoms with Crippen molar-refractivity contribution in [3.63, 3.8) is 0 Å². The minimum absolute atomic E-state index is 0.00586. The molecule has 0 atom stereocenters. The van der Waals surface area contributed by atoms with Crippen LogP contribution in [0.2, 0.25) is 0 Å². The number of hydrogen-bond donors (Lipinski definition) is 1. The molecule has 1 N–H and O–H groups in total. The summed E-state index contributed by atoms with van der Waals surface area (Å²) >= 11 is 0. The molecular weight excluding hydrogens is 328 g/mol. The summed E-state index contributed by atoms with van der Waals surface area (Å²) in [6, 6.07) is 0.128. The van der Waals surface area contributed by atoms with Crippen LogP contribution in [0.15, 0.2) is 0 Å². The molecule has 2 saturated heterocycles. The number of nitrogens with zero attached hydrogens (tertiary/aromatic N) is 3. The molecule has 2 fully saturated rings. The van der Waals surface area contributed by atoms with Crippen LogP contribution in [0.4, 0.5) is 0 Å². The molecule has 0 aromatic carbocycles. The number of carbonyl (C=O) groups is 1. The van der Waals surface area contributed by atoms with Gasteiger partial charge in [0.15, 0.2) is 0 Å². The van der Waals surface area contributed by atoms with Gasteiger partial charge in [-0.2, -0.15) is 17.0 Å². The van der Waals surface area contributed by atoms with E-state index in [0.717, 1.165) is 25.8 Å². The van der Waals surface area contributed by atoms with Gasteiger partial charge in [-0.25, -0.2) is 0 Å². The van der Waals surface area contributed by atoms with Crippen LogP contribution in [0.1, 0.15) is 40.0 Å². The summed E-state index contributed by atoms with van der Waals surface area (Å²) < 4.78 is 28.9. The fraction of sp³-hybridized carbons (Fsp3) is 0.938. The molecule has 0 aliphatic carbocycles. The fourth-order valence-electron chi connectivity index (χ4n) is 3.29. The number of piperidine rings is 1. The van der Waals surface area contributed by atoms with Gasteiger partial charge in [0.2, 0.25) is 5.91 Å². The van der Waals surface area contributed by atoms with E-state index >= 15 is 0 Å². The van der Waals surface area contributed by atoms with Gasteiger partial charge in [-0.1, -0.05) is 6.92 Å². The molecule has 24 heavy (non-hydrogen) atoms. The standard InChI is InChI=1S/C16H32N4O3S/c1-14(2)17-16(21)13-18-7-4-8-19(12-11-18)24(22,23)20-9-5-15(3)6-10-20/h14-15H,4-13H2,1-3H3,(H,17,21). The first-order valence-electron chi connectivity index (χ1n) is 9.06. The Hall–Kier alpha value is -0.700. The second kappa shape index (κ2) is 8.60. The van der Waals surface area contributed by atoms with Gasteiger partial charge >= 0.3 is 0 Å². The maximum Gasteiger partial charge on any atom is 0.282 e. The summed E-state index contributed by atoms with van der Waals surface area (Å²) in [5, 5.41) is 2.89. The molecule has 2 aliphatic rings. The second-order valence-corrected chi connectivity index (χ2v) is 9.27. The number of hydrogen-bond acceptors (Lipinski definition) is 4. The average Bonchev–Trinajstić information content (AvgIpc) is 2.73. The summed E-state index contributed by atoms with van der Waals surface area (Å²) in [4.78, 5) is 13.9. The number of nitrogens with one attached hydrogen (secondary N) is 1. The van der Waals surface area contributed by atoms with E-state index in [1.165, 1.54) is 0 Å². The largest absolute Gasteiger partial charge is 0.353 e. The molecular formula is C16H32N4O3S. The van der Waals surface area contributed by atoms with E-state index in [-0.39, 0.29) is 11.9 Å². The molecule has 1 amide bonds. The van der Waals surface area contributed by atoms with E-state index in [4.69, 9.17) is 0 Å². The summed E-state index contributed by atoms with van der Waals surface area (Å²) in [5.41, 5.74) is 0. The first-order valence-corrected chi connectivity index (χ1v) is 10.5. The monoisotopic (exact) mass is 360 g/mol. The third-order valence-electron chi connectivity index (χ3n) is 4.76. The smallest absolute Gasteiger partial charge is 0.282 e. The summed E-state index contributed by atoms with van der Waals surface area (Å²) in [7, 11) is -3.36. The highest BCUT2D eigenvalue weighted by molar-refractivity contribution is 7.86. The van der Waals surface area contributed by atoms with Gasteiger partial charge in [-0.15, -0.1) is 0 Å². The van der Waals surface area contributed by atoms with Crippen molar-refractivity contribution in [2.24, 2.45) is 5.92 Å². The molecule has 0 aromatic rings. The summed E-state index contributed by atoms with van der Waals surface area (Å²) in [6.07, 6.45) is 2.64. The zero-order chi connectivity index (χ0) is 17.7. The first-order chi connectivity index (χ1) is 11.3. The zero-order valence-electron chi connectivity index (χ0n) is 15.2. The van der Waals surface area contributed by atoms with Crippen LogP contribution >= 0.6 is 0 Å². The predicted octanol–water partition coefficient (Wildman–Crippen LogP) is 0.495. The lowest BCUT2D eigenvalue weighted by atomic mass is 10.0. The van der Waals surface area contributed by atoms with Crippen LogP contribution in [-0.2, 0) is 15.0 Å². The normalized spacial score (nSPS) is 23.3. The first kappa shape index (κ1) is 19.6. The molecule has 0 saturated carbocycles. The topological polar surface area (TPSA) is 73.0 Å². The highest BCUT2D eigenvalue weighted by Gasteiger charge is 2.33. The van der Waals surface area contributed by atoms with Gasteiger partial charge in [-0.3, -0.25) is 9.69 Å². The average molecular weight is 361 g/mol. The van der Waals surface area contributed by atoms with Crippen LogP contribution in [0.3, 0.4) is 0 Å². The Bertz CT molecular complexity index is 515. The van der Waals surface area contributed by atoms with E-state index in [0.29, 0.717) is 45.2 Å². The van der Waals surface area contributed by atoms with E-state index in [1.54, 1.807) is 8.61 Å². The molecule has 0 unspecified atom stereocenters. The van der Waals surface area contributed by atoms with E-state index in [1.807, 2.05) is 18.7 Å². The Labute approximate surface area is 146 Å². The zero-order valence-corrected chi connectivity index (χ0v) is 16.0. The molecule has 2 aliphatic heterocycles. The van der Waals surface area contributed by atoms with Crippen LogP contribution < -0.4 is 5.32 Å². The quantitative estimate of drug-likeness (QED) is 0.775. The highest BCUT2D eigenvalue weighted by atomic mass is 32.2. The van der Waals surface area contributed by atoms with E-state index in [2.05, 4.69) is 12.2 Å². The summed E-state index contributed by atoms with van der Waals surface area (Å²) in [6.45, 7) is 10.0. The third kappa shape index (κ3) is 5.40. The number of amides is 1. The van der Waals surface area contributed by atoms with E-state index < -0.39 is 10.2 Å². The lowest BCUT2D eigenvalue weighted by Crippen LogP contribution is -2.48. The highest BCUT2D eigenvalue weighted by Crippen LogP contribution is 2.21. The van der Waals surface area contributed by atoms with Crippen molar-refractivity contribution in [2.45, 2.75) is 46.1 Å². The van der Waals surface area contributed by atoms with Crippen molar-refractivity contribution in [2.75, 3.05) is 45.8 Å². The Balaban J connectivity index is 1.89. The van der Waals surface area contributed by atoms with Crippen molar-refractivity contribution in [3.8, 4) is 0 Å². The number of carbonyl (C=O) groups excluding carboxylic acids is 1. The van der Waals surface area contributed by atoms with Crippen LogP contribution in [0.25, 0.3) is 0 Å². The molecule has 8 heteroatoms. The van der Waals surface area contributed by atoms with Crippen LogP contribution in [0, 0.1) is 5.92 Å². The van der Waals surface area contributed by atoms with Gasteiger partial charge in [0.1, 0.15) is 0 Å². The predicted molar refractivity (Wildman–Crippen MR) is 94.8 cm³/mol. The van der Waals surface area contributed by atoms with Crippen molar-refractivity contribution in [3.05, 3.63) is 0 Å². The Morgan fingerprint density at radius 2 is 1.67 bits per heavy atom. The van der Waals surface area contributed by atoms with Gasteiger partial charge < -0.3 is 5.32 Å². The summed E-state index contributed by atoms with van der Waals surface area (Å²) in [5.74, 6) is 0.613. The Kier molecular flexibility index (Phi) is 7.03. The fourth-order valence-corrected chi connectivity index (χ4v) is 4.96. The van der Waals surface area contributed by atoms with Crippen molar-refractivity contribution < 1.29 is 13.2 Å². The maximum atomic E-state index is 12.8. The molecule has 2 rings (SSSR count). The Morgan fingerprint density at radius 3 is 2.29 bits per heavy atom. The second-order valence-electron chi connectivity index (χ2n) is 7.34. The third-order valence-corrected chi connectivity index (χ3v) is 6.79. The van der Waals surface area contributed by atoms with Crippen LogP contribution in [0.5, 0.6) is 0 Å². The van der Waals surface area contributed by atoms with Crippen LogP contribution in [-0.4, -0.2) is 79.7 Å². The minimum atomic E-state index is -3.36. The molecule has 7 nitrogen and oxygen atoms in total. The SMILES string of the molecule is CC1CCN(S(=O)(=O)N2CCCN(CC(=O)NC(C)C)CC2)CC1. The molecule has 140 valence electrons. The molecule has 0 bridgehead atoms. The molecule has 0 radical (unpaired) electrons. The lowest BCUT2D eigenvalue weighted by molar-refractivity contribution is -0.122. The van der Waals surface area contributed by atoms with Gasteiger partial charge in [0.25, 0.3) is 10.2 Å². The van der Waals surface area contributed by atoms with Gasteiger partial charge in [-0.05, 0) is 45.6 Å². The van der Waals surface area contributed by atoms with Crippen molar-refractivity contribution in [1.82, 2.24) is 18.8 Å². The molecule has 0 spiro atoms. The minimum Gasteiger partial charge on any atom is -0.353 e. The van der Waals surface area contributed by atoms with E-state index in [9.17, 15) is 13.2 Å². The van der Waals surface area contributed by atoms with Gasteiger partial charge in [0, 0.05) is 38.8 Å². The molecule has 0 aromatic heterocycles. The Morgan fingerprint density at radius 1 is 1.04 bits per heavy atom. The van der Waals surface area contributed by atoms with Crippen molar-refractivity contribution in [1.29, 1.82) is 0 Å². The molecule has 2 heterocycles. The number of rotatable bonds is 5. The lowest BCUT2D eigenvalue weighted by Gasteiger charge is -2.33.